The van der Waals surface area contributed by atoms with Gasteiger partial charge in [-0.3, -0.25) is 15.1 Å². The molecule has 0 aromatic carbocycles. The number of ether oxygens (including phenoxy) is 2. The smallest absolute Gasteiger partial charge is 0.259 e. The molecule has 1 aliphatic rings. The molecule has 35 heavy (non-hydrogen) atoms. The minimum atomic E-state index is -0.340. The molecule has 5 rings (SSSR count). The molecule has 0 unspecified atom stereocenters. The largest absolute Gasteiger partial charge is 0.494 e. The minimum absolute atomic E-state index is 0.148. The van der Waals surface area contributed by atoms with Gasteiger partial charge in [-0.25, -0.2) is 15.0 Å². The Hall–Kier alpha value is -3.34. The van der Waals surface area contributed by atoms with Gasteiger partial charge >= 0.3 is 0 Å². The maximum absolute atomic E-state index is 13.3. The van der Waals surface area contributed by atoms with Gasteiger partial charge in [-0.05, 0) is 26.0 Å². The first kappa shape index (κ1) is 23.4. The lowest BCUT2D eigenvalue weighted by molar-refractivity contribution is -0.0171. The number of anilines is 2. The van der Waals surface area contributed by atoms with Gasteiger partial charge in [0.05, 0.1) is 35.4 Å². The third-order valence-electron chi connectivity index (χ3n) is 5.98. The predicted octanol–water partition coefficient (Wildman–Crippen LogP) is 4.60. The maximum Gasteiger partial charge on any atom is 0.259 e. The van der Waals surface area contributed by atoms with Crippen LogP contribution in [0.25, 0.3) is 21.3 Å². The van der Waals surface area contributed by atoms with Gasteiger partial charge in [-0.15, -0.1) is 0 Å². The SMILES string of the molecule is COc1cnc(Cl)cc1-c1cc(C)ncc1C(=O)Nc1nc2cnc(N3CC(C)(OC)C3)cc2s1. The number of aryl methyl sites for hydroxylation is 1. The number of amides is 1. The molecule has 0 atom stereocenters. The number of carbonyl (C=O) groups excluding carboxylic acids is 1. The number of nitrogens with one attached hydrogen (secondary N) is 1. The standard InChI is InChI=1S/C24H23ClN6O3S/c1-13-5-14(15-6-20(25)27-10-18(15)33-3)16(8-26-13)22(32)30-23-29-17-9-28-21(7-19(17)35-23)31-11-24(2,12-31)34-4/h5-10H,11-12H2,1-4H3,(H,29,30,32). The number of aromatic nitrogens is 4. The molecule has 1 aliphatic heterocycles. The van der Waals surface area contributed by atoms with E-state index in [0.717, 1.165) is 29.3 Å². The zero-order valence-electron chi connectivity index (χ0n) is 19.6. The fourth-order valence-electron chi connectivity index (χ4n) is 4.02. The molecule has 0 aliphatic carbocycles. The highest BCUT2D eigenvalue weighted by Gasteiger charge is 2.39. The topological polar surface area (TPSA) is 102 Å². The summed E-state index contributed by atoms with van der Waals surface area (Å²) in [6.07, 6.45) is 4.79. The Labute approximate surface area is 211 Å². The summed E-state index contributed by atoms with van der Waals surface area (Å²) in [4.78, 5) is 32.9. The van der Waals surface area contributed by atoms with Gasteiger partial charge in [-0.1, -0.05) is 22.9 Å². The van der Waals surface area contributed by atoms with E-state index in [1.54, 1.807) is 26.5 Å². The van der Waals surface area contributed by atoms with Crippen LogP contribution in [0.15, 0.2) is 36.8 Å². The average Bonchev–Trinajstić information content (AvgIpc) is 3.23. The molecule has 0 radical (unpaired) electrons. The van der Waals surface area contributed by atoms with Crippen LogP contribution in [-0.2, 0) is 4.74 Å². The van der Waals surface area contributed by atoms with E-state index in [-0.39, 0.29) is 11.5 Å². The lowest BCUT2D eigenvalue weighted by Gasteiger charge is -2.47. The van der Waals surface area contributed by atoms with E-state index in [1.165, 1.54) is 23.7 Å². The molecule has 4 aromatic heterocycles. The van der Waals surface area contributed by atoms with Crippen LogP contribution in [0.1, 0.15) is 23.0 Å². The van der Waals surface area contributed by atoms with Crippen molar-refractivity contribution in [2.45, 2.75) is 19.4 Å². The van der Waals surface area contributed by atoms with Crippen LogP contribution in [0.4, 0.5) is 10.9 Å². The molecule has 0 spiro atoms. The van der Waals surface area contributed by atoms with Gasteiger partial charge in [0.2, 0.25) is 0 Å². The number of pyridine rings is 3. The van der Waals surface area contributed by atoms with Crippen molar-refractivity contribution in [1.29, 1.82) is 0 Å². The summed E-state index contributed by atoms with van der Waals surface area (Å²) < 4.78 is 11.9. The normalized spacial score (nSPS) is 14.6. The van der Waals surface area contributed by atoms with Crippen LogP contribution in [-0.4, -0.2) is 58.8 Å². The Kier molecular flexibility index (Phi) is 6.04. The van der Waals surface area contributed by atoms with Crippen LogP contribution < -0.4 is 15.0 Å². The molecule has 1 fully saturated rings. The van der Waals surface area contributed by atoms with Crippen molar-refractivity contribution in [3.05, 3.63) is 53.2 Å². The van der Waals surface area contributed by atoms with E-state index < -0.39 is 0 Å². The second-order valence-electron chi connectivity index (χ2n) is 8.57. The number of rotatable bonds is 6. The monoisotopic (exact) mass is 510 g/mol. The van der Waals surface area contributed by atoms with Crippen molar-refractivity contribution in [3.63, 3.8) is 0 Å². The average molecular weight is 511 g/mol. The Balaban J connectivity index is 1.42. The van der Waals surface area contributed by atoms with Crippen molar-refractivity contribution in [2.75, 3.05) is 37.5 Å². The lowest BCUT2D eigenvalue weighted by atomic mass is 9.96. The third-order valence-corrected chi connectivity index (χ3v) is 7.12. The molecular formula is C24H23ClN6O3S. The molecule has 5 heterocycles. The number of fused-ring (bicyclic) bond motifs is 1. The Bertz CT molecular complexity index is 1440. The second-order valence-corrected chi connectivity index (χ2v) is 9.99. The molecule has 11 heteroatoms. The zero-order chi connectivity index (χ0) is 24.7. The highest BCUT2D eigenvalue weighted by molar-refractivity contribution is 7.22. The number of hydrogen-bond acceptors (Lipinski definition) is 9. The molecule has 1 saturated heterocycles. The van der Waals surface area contributed by atoms with Crippen LogP contribution in [0.3, 0.4) is 0 Å². The van der Waals surface area contributed by atoms with Gasteiger partial charge < -0.3 is 14.4 Å². The Morgan fingerprint density at radius 2 is 1.91 bits per heavy atom. The first-order valence-corrected chi connectivity index (χ1v) is 12.0. The number of halogens is 1. The van der Waals surface area contributed by atoms with Crippen molar-refractivity contribution in [3.8, 4) is 16.9 Å². The van der Waals surface area contributed by atoms with E-state index in [4.69, 9.17) is 21.1 Å². The summed E-state index contributed by atoms with van der Waals surface area (Å²) in [5, 5.41) is 3.67. The molecule has 180 valence electrons. The van der Waals surface area contributed by atoms with Gasteiger partial charge in [-0.2, -0.15) is 0 Å². The fraction of sp³-hybridized carbons (Fsp3) is 0.292. The highest BCUT2D eigenvalue weighted by atomic mass is 35.5. The van der Waals surface area contributed by atoms with Gasteiger partial charge in [0, 0.05) is 49.3 Å². The zero-order valence-corrected chi connectivity index (χ0v) is 21.2. The van der Waals surface area contributed by atoms with Gasteiger partial charge in [0.1, 0.15) is 22.2 Å². The Morgan fingerprint density at radius 3 is 2.66 bits per heavy atom. The van der Waals surface area contributed by atoms with E-state index in [9.17, 15) is 4.79 Å². The highest BCUT2D eigenvalue weighted by Crippen LogP contribution is 2.35. The van der Waals surface area contributed by atoms with Crippen LogP contribution in [0.2, 0.25) is 5.15 Å². The number of methoxy groups -OCH3 is 2. The molecule has 0 bridgehead atoms. The fourth-order valence-corrected chi connectivity index (χ4v) is 5.04. The van der Waals surface area contributed by atoms with Crippen LogP contribution >= 0.6 is 22.9 Å². The lowest BCUT2D eigenvalue weighted by Crippen LogP contribution is -2.61. The quantitative estimate of drug-likeness (QED) is 0.375. The molecular weight excluding hydrogens is 488 g/mol. The van der Waals surface area contributed by atoms with Crippen LogP contribution in [0.5, 0.6) is 5.75 Å². The maximum atomic E-state index is 13.3. The number of carbonyl (C=O) groups is 1. The summed E-state index contributed by atoms with van der Waals surface area (Å²) in [7, 11) is 3.27. The summed E-state index contributed by atoms with van der Waals surface area (Å²) >= 11 is 7.53. The second kappa shape index (κ2) is 9.03. The third kappa shape index (κ3) is 4.52. The van der Waals surface area contributed by atoms with Crippen molar-refractivity contribution in [1.82, 2.24) is 19.9 Å². The van der Waals surface area contributed by atoms with E-state index in [0.29, 0.717) is 38.2 Å². The molecule has 9 nitrogen and oxygen atoms in total. The van der Waals surface area contributed by atoms with Gasteiger partial charge in [0.25, 0.3) is 5.91 Å². The molecule has 1 N–H and O–H groups in total. The summed E-state index contributed by atoms with van der Waals surface area (Å²) in [5.41, 5.74) is 2.98. The number of nitrogens with zero attached hydrogens (tertiary/aromatic N) is 5. The summed E-state index contributed by atoms with van der Waals surface area (Å²) in [6, 6.07) is 5.47. The van der Waals surface area contributed by atoms with Crippen molar-refractivity contribution >= 4 is 50.0 Å². The molecule has 4 aromatic rings. The van der Waals surface area contributed by atoms with E-state index >= 15 is 0 Å². The van der Waals surface area contributed by atoms with Crippen LogP contribution in [0, 0.1) is 6.92 Å². The minimum Gasteiger partial charge on any atom is -0.494 e. The van der Waals surface area contributed by atoms with E-state index in [1.807, 2.05) is 19.1 Å². The van der Waals surface area contributed by atoms with Gasteiger partial charge in [0.15, 0.2) is 5.13 Å². The first-order chi connectivity index (χ1) is 16.8. The van der Waals surface area contributed by atoms with Crippen molar-refractivity contribution < 1.29 is 14.3 Å². The summed E-state index contributed by atoms with van der Waals surface area (Å²) in [6.45, 7) is 5.48. The first-order valence-electron chi connectivity index (χ1n) is 10.8. The molecule has 0 saturated carbocycles. The Morgan fingerprint density at radius 1 is 1.11 bits per heavy atom. The predicted molar refractivity (Wildman–Crippen MR) is 137 cm³/mol. The van der Waals surface area contributed by atoms with Crippen molar-refractivity contribution in [2.24, 2.45) is 0 Å². The number of hydrogen-bond donors (Lipinski definition) is 1. The summed E-state index contributed by atoms with van der Waals surface area (Å²) in [5.74, 6) is 1.02. The van der Waals surface area contributed by atoms with E-state index in [2.05, 4.69) is 37.1 Å². The molecule has 1 amide bonds. The number of thiazole rings is 1.